The van der Waals surface area contributed by atoms with Crippen LogP contribution in [-0.4, -0.2) is 22.7 Å². The highest BCUT2D eigenvalue weighted by Gasteiger charge is 2.10. The highest BCUT2D eigenvalue weighted by Crippen LogP contribution is 2.27. The zero-order chi connectivity index (χ0) is 11.4. The third-order valence-electron chi connectivity index (χ3n) is 2.06. The molecule has 0 saturated heterocycles. The molecule has 1 aromatic carbocycles. The summed E-state index contributed by atoms with van der Waals surface area (Å²) in [5.41, 5.74) is 5.58. The Kier molecular flexibility index (Phi) is 3.51. The molecule has 1 aromatic rings. The first-order chi connectivity index (χ1) is 7.00. The number of aromatic hydroxyl groups is 2. The monoisotopic (exact) mass is 210 g/mol. The number of phenols is 2. The molecule has 0 bridgehead atoms. The number of hydrogen-bond donors (Lipinski definition) is 4. The minimum Gasteiger partial charge on any atom is -0.508 e. The van der Waals surface area contributed by atoms with Gasteiger partial charge in [-0.1, -0.05) is 6.07 Å². The molecule has 0 fully saturated rings. The summed E-state index contributed by atoms with van der Waals surface area (Å²) in [4.78, 5) is 10.5. The van der Waals surface area contributed by atoms with Gasteiger partial charge in [0, 0.05) is 17.7 Å². The lowest BCUT2D eigenvalue weighted by atomic mass is 10.1. The van der Waals surface area contributed by atoms with Crippen molar-refractivity contribution in [2.24, 2.45) is 5.73 Å². The van der Waals surface area contributed by atoms with Crippen LogP contribution in [-0.2, 0) is 4.79 Å². The lowest BCUT2D eigenvalue weighted by Crippen LogP contribution is -2.30. The molecule has 0 aliphatic carbocycles. The highest BCUT2D eigenvalue weighted by atomic mass is 16.3. The summed E-state index contributed by atoms with van der Waals surface area (Å²) in [6.07, 6.45) is 0. The predicted molar refractivity (Wildman–Crippen MR) is 55.4 cm³/mol. The van der Waals surface area contributed by atoms with Gasteiger partial charge in [0.1, 0.15) is 11.5 Å². The van der Waals surface area contributed by atoms with Crippen LogP contribution in [0.15, 0.2) is 18.2 Å². The van der Waals surface area contributed by atoms with Crippen molar-refractivity contribution in [2.75, 3.05) is 6.54 Å². The van der Waals surface area contributed by atoms with E-state index >= 15 is 0 Å². The first kappa shape index (κ1) is 11.3. The van der Waals surface area contributed by atoms with Crippen LogP contribution in [0.1, 0.15) is 18.5 Å². The maximum absolute atomic E-state index is 10.5. The van der Waals surface area contributed by atoms with Gasteiger partial charge < -0.3 is 21.3 Å². The first-order valence-electron chi connectivity index (χ1n) is 4.54. The Balaban J connectivity index is 2.73. The number of nitrogens with two attached hydrogens (primary N) is 1. The number of phenolic OH excluding ortho intramolecular Hbond substituents is 2. The Morgan fingerprint density at radius 3 is 2.73 bits per heavy atom. The predicted octanol–water partition coefficient (Wildman–Crippen LogP) is 0.234. The smallest absolute Gasteiger partial charge is 0.231 e. The molecule has 1 unspecified atom stereocenters. The fourth-order valence-electron chi connectivity index (χ4n) is 1.26. The normalized spacial score (nSPS) is 12.3. The summed E-state index contributed by atoms with van der Waals surface area (Å²) in [6.45, 7) is 1.83. The molecule has 0 aromatic heterocycles. The summed E-state index contributed by atoms with van der Waals surface area (Å²) in [5, 5.41) is 21.4. The number of primary amides is 1. The van der Waals surface area contributed by atoms with E-state index in [2.05, 4.69) is 5.32 Å². The molecule has 5 nitrogen and oxygen atoms in total. The Labute approximate surface area is 87.5 Å². The largest absolute Gasteiger partial charge is 0.508 e. The van der Waals surface area contributed by atoms with E-state index in [0.29, 0.717) is 5.56 Å². The second kappa shape index (κ2) is 4.65. The number of carbonyl (C=O) groups excluding carboxylic acids is 1. The van der Waals surface area contributed by atoms with Gasteiger partial charge in [-0.05, 0) is 13.0 Å². The van der Waals surface area contributed by atoms with Gasteiger partial charge in [-0.2, -0.15) is 0 Å². The van der Waals surface area contributed by atoms with Crippen LogP contribution in [0.2, 0.25) is 0 Å². The van der Waals surface area contributed by atoms with E-state index in [4.69, 9.17) is 10.8 Å². The molecule has 1 atom stereocenters. The number of amides is 1. The van der Waals surface area contributed by atoms with Gasteiger partial charge in [0.2, 0.25) is 5.91 Å². The fraction of sp³-hybridized carbons (Fsp3) is 0.300. The van der Waals surface area contributed by atoms with E-state index in [1.165, 1.54) is 12.1 Å². The molecule has 82 valence electrons. The molecule has 0 aliphatic rings. The topological polar surface area (TPSA) is 95.6 Å². The summed E-state index contributed by atoms with van der Waals surface area (Å²) < 4.78 is 0. The van der Waals surface area contributed by atoms with E-state index in [9.17, 15) is 9.90 Å². The third-order valence-corrected chi connectivity index (χ3v) is 2.06. The standard InChI is InChI=1S/C10H14N2O3/c1-6(12-5-10(11)15)8-3-2-7(13)4-9(8)14/h2-4,6,12-14H,5H2,1H3,(H2,11,15). The van der Waals surface area contributed by atoms with E-state index in [0.717, 1.165) is 0 Å². The van der Waals surface area contributed by atoms with E-state index in [1.807, 2.05) is 0 Å². The van der Waals surface area contributed by atoms with Gasteiger partial charge in [0.25, 0.3) is 0 Å². The van der Waals surface area contributed by atoms with Crippen molar-refractivity contribution < 1.29 is 15.0 Å². The minimum absolute atomic E-state index is 0.00153. The van der Waals surface area contributed by atoms with Crippen LogP contribution in [0, 0.1) is 0 Å². The average molecular weight is 210 g/mol. The van der Waals surface area contributed by atoms with Crippen LogP contribution in [0.4, 0.5) is 0 Å². The molecule has 1 rings (SSSR count). The van der Waals surface area contributed by atoms with Crippen LogP contribution >= 0.6 is 0 Å². The molecule has 5 N–H and O–H groups in total. The molecule has 15 heavy (non-hydrogen) atoms. The van der Waals surface area contributed by atoms with Crippen molar-refractivity contribution in [3.8, 4) is 11.5 Å². The van der Waals surface area contributed by atoms with E-state index < -0.39 is 5.91 Å². The molecule has 0 spiro atoms. The van der Waals surface area contributed by atoms with E-state index in [-0.39, 0.29) is 24.1 Å². The van der Waals surface area contributed by atoms with Crippen molar-refractivity contribution in [1.29, 1.82) is 0 Å². The first-order valence-corrected chi connectivity index (χ1v) is 4.54. The maximum atomic E-state index is 10.5. The number of carbonyl (C=O) groups is 1. The summed E-state index contributed by atoms with van der Waals surface area (Å²) >= 11 is 0. The lowest BCUT2D eigenvalue weighted by Gasteiger charge is -2.14. The van der Waals surface area contributed by atoms with Crippen LogP contribution in [0.5, 0.6) is 11.5 Å². The Bertz CT molecular complexity index is 366. The van der Waals surface area contributed by atoms with Gasteiger partial charge in [0.15, 0.2) is 0 Å². The van der Waals surface area contributed by atoms with Crippen molar-refractivity contribution >= 4 is 5.91 Å². The van der Waals surface area contributed by atoms with Crippen molar-refractivity contribution in [3.63, 3.8) is 0 Å². The summed E-state index contributed by atoms with van der Waals surface area (Å²) in [5.74, 6) is -0.474. The molecule has 0 saturated carbocycles. The van der Waals surface area contributed by atoms with Crippen molar-refractivity contribution in [3.05, 3.63) is 23.8 Å². The Hall–Kier alpha value is -1.75. The van der Waals surface area contributed by atoms with Crippen LogP contribution in [0.25, 0.3) is 0 Å². The Morgan fingerprint density at radius 2 is 2.20 bits per heavy atom. The average Bonchev–Trinajstić information content (AvgIpc) is 2.14. The number of rotatable bonds is 4. The number of hydrogen-bond acceptors (Lipinski definition) is 4. The molecular weight excluding hydrogens is 196 g/mol. The molecule has 0 aliphatic heterocycles. The van der Waals surface area contributed by atoms with Gasteiger partial charge >= 0.3 is 0 Å². The summed E-state index contributed by atoms with van der Waals surface area (Å²) in [6, 6.07) is 4.09. The molecular formula is C10H14N2O3. The molecule has 1 amide bonds. The highest BCUT2D eigenvalue weighted by molar-refractivity contribution is 5.75. The van der Waals surface area contributed by atoms with Gasteiger partial charge in [-0.3, -0.25) is 4.79 Å². The fourth-order valence-corrected chi connectivity index (χ4v) is 1.26. The zero-order valence-electron chi connectivity index (χ0n) is 8.40. The van der Waals surface area contributed by atoms with Crippen LogP contribution in [0.3, 0.4) is 0 Å². The summed E-state index contributed by atoms with van der Waals surface area (Å²) in [7, 11) is 0. The Morgan fingerprint density at radius 1 is 1.53 bits per heavy atom. The maximum Gasteiger partial charge on any atom is 0.231 e. The molecule has 5 heteroatoms. The quantitative estimate of drug-likeness (QED) is 0.572. The lowest BCUT2D eigenvalue weighted by molar-refractivity contribution is -0.117. The SMILES string of the molecule is CC(NCC(N)=O)c1ccc(O)cc1O. The van der Waals surface area contributed by atoms with Crippen molar-refractivity contribution in [2.45, 2.75) is 13.0 Å². The second-order valence-corrected chi connectivity index (χ2v) is 3.31. The number of nitrogens with one attached hydrogen (secondary N) is 1. The van der Waals surface area contributed by atoms with Crippen molar-refractivity contribution in [1.82, 2.24) is 5.32 Å². The molecule has 0 heterocycles. The molecule has 0 radical (unpaired) electrons. The van der Waals surface area contributed by atoms with Gasteiger partial charge in [-0.15, -0.1) is 0 Å². The van der Waals surface area contributed by atoms with Gasteiger partial charge in [-0.25, -0.2) is 0 Å². The third kappa shape index (κ3) is 3.14. The second-order valence-electron chi connectivity index (χ2n) is 3.31. The zero-order valence-corrected chi connectivity index (χ0v) is 8.40. The van der Waals surface area contributed by atoms with E-state index in [1.54, 1.807) is 13.0 Å². The van der Waals surface area contributed by atoms with Crippen LogP contribution < -0.4 is 11.1 Å². The van der Waals surface area contributed by atoms with Gasteiger partial charge in [0.05, 0.1) is 6.54 Å². The number of benzene rings is 1. The minimum atomic E-state index is -0.458.